The average Bonchev–Trinajstić information content (AvgIpc) is 2.15. The molecule has 0 aliphatic heterocycles. The van der Waals surface area contributed by atoms with E-state index in [1.165, 1.54) is 19.4 Å². The van der Waals surface area contributed by atoms with Crippen molar-refractivity contribution in [3.05, 3.63) is 24.3 Å². The summed E-state index contributed by atoms with van der Waals surface area (Å²) in [4.78, 5) is 11.8. The molecule has 0 amide bonds. The molecule has 1 unspecified atom stereocenters. The van der Waals surface area contributed by atoms with Crippen LogP contribution in [0.5, 0.6) is 0 Å². The van der Waals surface area contributed by atoms with Gasteiger partial charge >= 0.3 is 0 Å². The molecule has 0 radical (unpaired) electrons. The van der Waals surface area contributed by atoms with E-state index in [0.29, 0.717) is 6.42 Å². The molecule has 0 aromatic carbocycles. The fraction of sp³-hybridized carbons (Fsp3) is 0.667. The van der Waals surface area contributed by atoms with Gasteiger partial charge in [-0.05, 0) is 46.0 Å². The van der Waals surface area contributed by atoms with Crippen molar-refractivity contribution in [2.24, 2.45) is 5.41 Å². The van der Waals surface area contributed by atoms with Gasteiger partial charge in [0.1, 0.15) is 5.60 Å². The van der Waals surface area contributed by atoms with Gasteiger partial charge in [0.2, 0.25) is 0 Å². The lowest BCUT2D eigenvalue weighted by molar-refractivity contribution is -0.135. The number of ketones is 1. The van der Waals surface area contributed by atoms with Gasteiger partial charge in [-0.2, -0.15) is 0 Å². The van der Waals surface area contributed by atoms with Gasteiger partial charge in [-0.15, -0.1) is 6.58 Å². The third-order valence-electron chi connectivity index (χ3n) is 3.01. The van der Waals surface area contributed by atoms with Gasteiger partial charge in [-0.25, -0.2) is 0 Å². The highest BCUT2D eigenvalue weighted by atomic mass is 16.3. The first kappa shape index (κ1) is 16.1. The fourth-order valence-corrected chi connectivity index (χ4v) is 1.54. The van der Waals surface area contributed by atoms with Gasteiger partial charge in [0, 0.05) is 6.42 Å². The number of hydrogen-bond acceptors (Lipinski definition) is 2. The Morgan fingerprint density at radius 1 is 1.29 bits per heavy atom. The molecule has 0 aromatic heterocycles. The van der Waals surface area contributed by atoms with Crippen molar-refractivity contribution in [1.29, 1.82) is 0 Å². The number of carbonyl (C=O) groups is 1. The highest BCUT2D eigenvalue weighted by Crippen LogP contribution is 2.31. The summed E-state index contributed by atoms with van der Waals surface area (Å²) in [6.07, 6.45) is 6.15. The lowest BCUT2D eigenvalue weighted by Crippen LogP contribution is -2.35. The van der Waals surface area contributed by atoms with Gasteiger partial charge in [0.05, 0.1) is 0 Å². The molecule has 1 N–H and O–H groups in total. The molecule has 0 heterocycles. The smallest absolute Gasteiger partial charge is 0.164 e. The van der Waals surface area contributed by atoms with E-state index in [1.54, 1.807) is 0 Å². The number of carbonyl (C=O) groups excluding carboxylic acids is 1. The van der Waals surface area contributed by atoms with Crippen LogP contribution in [-0.4, -0.2) is 16.5 Å². The Balaban J connectivity index is 4.53. The van der Waals surface area contributed by atoms with Gasteiger partial charge in [0.25, 0.3) is 0 Å². The van der Waals surface area contributed by atoms with E-state index in [1.807, 2.05) is 13.0 Å². The molecule has 0 aliphatic carbocycles. The van der Waals surface area contributed by atoms with Gasteiger partial charge in [-0.3, -0.25) is 4.79 Å². The first-order valence-electron chi connectivity index (χ1n) is 6.13. The van der Waals surface area contributed by atoms with Crippen LogP contribution in [0.3, 0.4) is 0 Å². The lowest BCUT2D eigenvalue weighted by atomic mass is 9.78. The molecule has 17 heavy (non-hydrogen) atoms. The molecule has 0 saturated carbocycles. The number of Topliss-reactive ketones (excluding diaryl/α,β-unsaturated/α-hetero) is 1. The van der Waals surface area contributed by atoms with Crippen molar-refractivity contribution in [3.8, 4) is 0 Å². The molecule has 0 aromatic rings. The predicted molar refractivity (Wildman–Crippen MR) is 72.9 cm³/mol. The zero-order valence-corrected chi connectivity index (χ0v) is 11.8. The van der Waals surface area contributed by atoms with Crippen LogP contribution in [-0.2, 0) is 4.79 Å². The minimum absolute atomic E-state index is 0.128. The van der Waals surface area contributed by atoms with E-state index < -0.39 is 5.60 Å². The first-order valence-corrected chi connectivity index (χ1v) is 6.13. The van der Waals surface area contributed by atoms with Crippen LogP contribution in [0, 0.1) is 5.41 Å². The van der Waals surface area contributed by atoms with Crippen molar-refractivity contribution < 1.29 is 9.90 Å². The molecule has 0 rings (SSSR count). The van der Waals surface area contributed by atoms with E-state index in [4.69, 9.17) is 0 Å². The quantitative estimate of drug-likeness (QED) is 0.687. The normalized spacial score (nSPS) is 14.9. The zero-order valence-electron chi connectivity index (χ0n) is 11.8. The number of allylic oxidation sites excluding steroid dienone is 3. The third-order valence-corrected chi connectivity index (χ3v) is 3.01. The summed E-state index contributed by atoms with van der Waals surface area (Å²) in [5.74, 6) is -0.128. The number of aliphatic hydroxyl groups is 1. The lowest BCUT2D eigenvalue weighted by Gasteiger charge is -2.27. The highest BCUT2D eigenvalue weighted by molar-refractivity contribution is 5.86. The summed E-state index contributed by atoms with van der Waals surface area (Å²) in [6, 6.07) is 0. The monoisotopic (exact) mass is 238 g/mol. The van der Waals surface area contributed by atoms with Gasteiger partial charge in [0.15, 0.2) is 5.78 Å². The van der Waals surface area contributed by atoms with Crippen LogP contribution in [0.2, 0.25) is 0 Å². The summed E-state index contributed by atoms with van der Waals surface area (Å²) < 4.78 is 0. The summed E-state index contributed by atoms with van der Waals surface area (Å²) in [5.41, 5.74) is -0.200. The Labute approximate surface area is 105 Å². The molecule has 0 aliphatic rings. The maximum Gasteiger partial charge on any atom is 0.164 e. The first-order chi connectivity index (χ1) is 7.60. The SMILES string of the molecule is C=CC(C)(CCC=C(C)C)CC(=O)C(C)(C)O. The van der Waals surface area contributed by atoms with Crippen LogP contribution >= 0.6 is 0 Å². The molecule has 0 saturated heterocycles. The molecule has 0 bridgehead atoms. The molecular weight excluding hydrogens is 212 g/mol. The maximum atomic E-state index is 11.8. The van der Waals surface area contributed by atoms with Crippen molar-refractivity contribution in [3.63, 3.8) is 0 Å². The molecule has 0 fully saturated rings. The van der Waals surface area contributed by atoms with Crippen LogP contribution in [0.15, 0.2) is 24.3 Å². The molecular formula is C15H26O2. The fourth-order valence-electron chi connectivity index (χ4n) is 1.54. The minimum atomic E-state index is -1.25. The number of rotatable bonds is 7. The molecule has 0 spiro atoms. The summed E-state index contributed by atoms with van der Waals surface area (Å²) in [7, 11) is 0. The van der Waals surface area contributed by atoms with Crippen molar-refractivity contribution >= 4 is 5.78 Å². The van der Waals surface area contributed by atoms with E-state index >= 15 is 0 Å². The Hall–Kier alpha value is -0.890. The summed E-state index contributed by atoms with van der Waals surface area (Å²) >= 11 is 0. The van der Waals surface area contributed by atoms with Crippen LogP contribution in [0.1, 0.15) is 53.9 Å². The summed E-state index contributed by atoms with van der Waals surface area (Å²) in [5, 5.41) is 9.66. The Bertz CT molecular complexity index is 303. The topological polar surface area (TPSA) is 37.3 Å². The van der Waals surface area contributed by atoms with Crippen molar-refractivity contribution in [1.82, 2.24) is 0 Å². The zero-order chi connectivity index (χ0) is 13.7. The molecule has 2 nitrogen and oxygen atoms in total. The van der Waals surface area contributed by atoms with Crippen molar-refractivity contribution in [2.45, 2.75) is 59.5 Å². The van der Waals surface area contributed by atoms with E-state index in [-0.39, 0.29) is 11.2 Å². The van der Waals surface area contributed by atoms with E-state index in [0.717, 1.165) is 12.8 Å². The van der Waals surface area contributed by atoms with E-state index in [9.17, 15) is 9.90 Å². The second-order valence-corrected chi connectivity index (χ2v) is 5.84. The second-order valence-electron chi connectivity index (χ2n) is 5.84. The minimum Gasteiger partial charge on any atom is -0.383 e. The van der Waals surface area contributed by atoms with Gasteiger partial charge < -0.3 is 5.11 Å². The highest BCUT2D eigenvalue weighted by Gasteiger charge is 2.31. The standard InChI is InChI=1S/C15H26O2/c1-7-15(6,10-8-9-12(2)3)11-13(16)14(4,5)17/h7,9,17H,1,8,10-11H2,2-6H3. The van der Waals surface area contributed by atoms with Crippen LogP contribution < -0.4 is 0 Å². The molecule has 98 valence electrons. The maximum absolute atomic E-state index is 11.8. The van der Waals surface area contributed by atoms with Crippen molar-refractivity contribution in [2.75, 3.05) is 0 Å². The summed E-state index contributed by atoms with van der Waals surface area (Å²) in [6.45, 7) is 13.0. The van der Waals surface area contributed by atoms with Crippen LogP contribution in [0.25, 0.3) is 0 Å². The third kappa shape index (κ3) is 6.42. The average molecular weight is 238 g/mol. The van der Waals surface area contributed by atoms with Gasteiger partial charge in [-0.1, -0.05) is 24.6 Å². The molecule has 1 atom stereocenters. The second kappa shape index (κ2) is 6.15. The van der Waals surface area contributed by atoms with E-state index in [2.05, 4.69) is 26.5 Å². The Morgan fingerprint density at radius 2 is 1.82 bits per heavy atom. The largest absolute Gasteiger partial charge is 0.383 e. The number of hydrogen-bond donors (Lipinski definition) is 1. The Morgan fingerprint density at radius 3 is 2.18 bits per heavy atom. The molecule has 2 heteroatoms. The van der Waals surface area contributed by atoms with Crippen LogP contribution in [0.4, 0.5) is 0 Å². The Kier molecular flexibility index (Phi) is 5.83. The predicted octanol–water partition coefficient (Wildman–Crippen LogP) is 3.66.